The maximum atomic E-state index is 12.9. The second-order valence-corrected chi connectivity index (χ2v) is 8.94. The SMILES string of the molecule is Cc1cccc(Oc2nccnc2N2CCC(C(=O)N[C@@H](C)c3ccc(C)c(C)c3)CC2)c1. The van der Waals surface area contributed by atoms with E-state index in [0.29, 0.717) is 5.88 Å². The Morgan fingerprint density at radius 1 is 1.03 bits per heavy atom. The van der Waals surface area contributed by atoms with Gasteiger partial charge in [0.2, 0.25) is 5.91 Å². The maximum Gasteiger partial charge on any atom is 0.263 e. The van der Waals surface area contributed by atoms with Gasteiger partial charge in [0.05, 0.1) is 6.04 Å². The lowest BCUT2D eigenvalue weighted by atomic mass is 9.95. The van der Waals surface area contributed by atoms with Crippen LogP contribution in [0.4, 0.5) is 5.82 Å². The Hall–Kier alpha value is -3.41. The quantitative estimate of drug-likeness (QED) is 0.560. The lowest BCUT2D eigenvalue weighted by Crippen LogP contribution is -2.41. The number of aromatic nitrogens is 2. The molecule has 3 aromatic rings. The highest BCUT2D eigenvalue weighted by Crippen LogP contribution is 2.31. The summed E-state index contributed by atoms with van der Waals surface area (Å²) in [6.07, 6.45) is 4.86. The van der Waals surface area contributed by atoms with E-state index in [0.717, 1.165) is 48.6 Å². The largest absolute Gasteiger partial charge is 0.436 e. The zero-order valence-corrected chi connectivity index (χ0v) is 19.8. The van der Waals surface area contributed by atoms with Gasteiger partial charge >= 0.3 is 0 Å². The van der Waals surface area contributed by atoms with E-state index in [1.54, 1.807) is 12.4 Å². The first-order valence-electron chi connectivity index (χ1n) is 11.6. The Labute approximate surface area is 196 Å². The molecule has 1 aromatic heterocycles. The minimum absolute atomic E-state index is 0.00643. The van der Waals surface area contributed by atoms with Gasteiger partial charge in [-0.25, -0.2) is 9.97 Å². The maximum absolute atomic E-state index is 12.9. The molecule has 0 saturated carbocycles. The third kappa shape index (κ3) is 5.51. The monoisotopic (exact) mass is 444 g/mol. The van der Waals surface area contributed by atoms with Crippen molar-refractivity contribution in [3.63, 3.8) is 0 Å². The molecule has 2 heterocycles. The summed E-state index contributed by atoms with van der Waals surface area (Å²) in [4.78, 5) is 24.0. The van der Waals surface area contributed by atoms with Gasteiger partial charge in [-0.2, -0.15) is 0 Å². The van der Waals surface area contributed by atoms with Crippen LogP contribution in [0.25, 0.3) is 0 Å². The number of benzene rings is 2. The standard InChI is InChI=1S/C27H32N4O2/c1-18-6-5-7-24(16-18)33-27-25(28-12-13-29-27)31-14-10-22(11-15-31)26(32)30-21(4)23-9-8-19(2)20(3)17-23/h5-9,12-13,16-17,21-22H,10-11,14-15H2,1-4H3,(H,30,32)/t21-/m0/s1. The normalized spacial score (nSPS) is 15.2. The first-order valence-corrected chi connectivity index (χ1v) is 11.6. The molecule has 0 aliphatic carbocycles. The first-order chi connectivity index (χ1) is 15.9. The molecule has 0 bridgehead atoms. The van der Waals surface area contributed by atoms with Gasteiger partial charge in [0.25, 0.3) is 5.88 Å². The Bertz CT molecular complexity index is 1120. The topological polar surface area (TPSA) is 67.4 Å². The van der Waals surface area contributed by atoms with Crippen molar-refractivity contribution in [3.05, 3.63) is 77.1 Å². The second kappa shape index (κ2) is 10.0. The van der Waals surface area contributed by atoms with E-state index in [9.17, 15) is 4.79 Å². The molecule has 4 rings (SSSR count). The van der Waals surface area contributed by atoms with E-state index < -0.39 is 0 Å². The summed E-state index contributed by atoms with van der Waals surface area (Å²) < 4.78 is 6.04. The summed E-state index contributed by atoms with van der Waals surface area (Å²) in [5.41, 5.74) is 4.77. The molecular formula is C27H32N4O2. The fourth-order valence-corrected chi connectivity index (χ4v) is 4.20. The van der Waals surface area contributed by atoms with Gasteiger partial charge in [-0.15, -0.1) is 0 Å². The zero-order valence-electron chi connectivity index (χ0n) is 19.8. The summed E-state index contributed by atoms with van der Waals surface area (Å²) in [7, 11) is 0. The number of rotatable bonds is 6. The summed E-state index contributed by atoms with van der Waals surface area (Å²) in [6, 6.07) is 14.2. The van der Waals surface area contributed by atoms with Gasteiger partial charge in [0.1, 0.15) is 5.75 Å². The van der Waals surface area contributed by atoms with Crippen LogP contribution >= 0.6 is 0 Å². The van der Waals surface area contributed by atoms with E-state index in [4.69, 9.17) is 4.74 Å². The minimum Gasteiger partial charge on any atom is -0.436 e. The van der Waals surface area contributed by atoms with Crippen molar-refractivity contribution in [2.75, 3.05) is 18.0 Å². The Balaban J connectivity index is 1.37. The van der Waals surface area contributed by atoms with Crippen LogP contribution in [0.2, 0.25) is 0 Å². The lowest BCUT2D eigenvalue weighted by molar-refractivity contribution is -0.126. The molecule has 0 spiro atoms. The fourth-order valence-electron chi connectivity index (χ4n) is 4.20. The van der Waals surface area contributed by atoms with E-state index in [-0.39, 0.29) is 17.9 Å². The first kappa shape index (κ1) is 22.8. The molecule has 6 nitrogen and oxygen atoms in total. The molecule has 172 valence electrons. The number of anilines is 1. The van der Waals surface area contributed by atoms with Crippen LogP contribution in [0, 0.1) is 26.7 Å². The third-order valence-corrected chi connectivity index (χ3v) is 6.41. The molecule has 1 fully saturated rings. The molecule has 2 aromatic carbocycles. The van der Waals surface area contributed by atoms with Crippen LogP contribution in [-0.2, 0) is 4.79 Å². The molecule has 0 unspecified atom stereocenters. The van der Waals surface area contributed by atoms with E-state index >= 15 is 0 Å². The third-order valence-electron chi connectivity index (χ3n) is 6.41. The number of ether oxygens (including phenoxy) is 1. The molecule has 0 radical (unpaired) electrons. The molecule has 1 saturated heterocycles. The number of hydrogen-bond acceptors (Lipinski definition) is 5. The van der Waals surface area contributed by atoms with Crippen molar-refractivity contribution in [1.29, 1.82) is 0 Å². The van der Waals surface area contributed by atoms with Gasteiger partial charge in [0.15, 0.2) is 5.82 Å². The molecule has 1 atom stereocenters. The molecule has 1 amide bonds. The number of nitrogens with zero attached hydrogens (tertiary/aromatic N) is 3. The van der Waals surface area contributed by atoms with Crippen molar-refractivity contribution in [2.24, 2.45) is 5.92 Å². The summed E-state index contributed by atoms with van der Waals surface area (Å²) in [6.45, 7) is 9.75. The molecule has 1 N–H and O–H groups in total. The van der Waals surface area contributed by atoms with Crippen molar-refractivity contribution >= 4 is 11.7 Å². The Kier molecular flexibility index (Phi) is 6.92. The van der Waals surface area contributed by atoms with Gasteiger partial charge < -0.3 is 15.0 Å². The van der Waals surface area contributed by atoms with Crippen LogP contribution in [-0.4, -0.2) is 29.0 Å². The molecule has 33 heavy (non-hydrogen) atoms. The van der Waals surface area contributed by atoms with Crippen LogP contribution in [0.1, 0.15) is 48.1 Å². The second-order valence-electron chi connectivity index (χ2n) is 8.94. The number of nitrogens with one attached hydrogen (secondary N) is 1. The van der Waals surface area contributed by atoms with Crippen LogP contribution in [0.5, 0.6) is 11.6 Å². The number of carbonyl (C=O) groups is 1. The summed E-state index contributed by atoms with van der Waals surface area (Å²) >= 11 is 0. The van der Waals surface area contributed by atoms with Crippen molar-refractivity contribution in [2.45, 2.75) is 46.6 Å². The number of hydrogen-bond donors (Lipinski definition) is 1. The number of piperidine rings is 1. The van der Waals surface area contributed by atoms with Gasteiger partial charge in [0, 0.05) is 31.4 Å². The molecule has 1 aliphatic rings. The fraction of sp³-hybridized carbons (Fsp3) is 0.370. The number of amides is 1. The highest BCUT2D eigenvalue weighted by atomic mass is 16.5. The Morgan fingerprint density at radius 2 is 1.79 bits per heavy atom. The zero-order chi connectivity index (χ0) is 23.4. The smallest absolute Gasteiger partial charge is 0.263 e. The summed E-state index contributed by atoms with van der Waals surface area (Å²) in [5, 5.41) is 3.21. The minimum atomic E-state index is -0.0100. The molecule has 6 heteroatoms. The van der Waals surface area contributed by atoms with Gasteiger partial charge in [-0.3, -0.25) is 4.79 Å². The molecule has 1 aliphatic heterocycles. The van der Waals surface area contributed by atoms with Gasteiger partial charge in [-0.05, 0) is 74.9 Å². The van der Waals surface area contributed by atoms with E-state index in [1.807, 2.05) is 38.1 Å². The predicted molar refractivity (Wildman–Crippen MR) is 131 cm³/mol. The highest BCUT2D eigenvalue weighted by molar-refractivity contribution is 5.79. The number of aryl methyl sites for hydroxylation is 3. The van der Waals surface area contributed by atoms with Crippen LogP contribution in [0.15, 0.2) is 54.9 Å². The number of carbonyl (C=O) groups excluding carboxylic acids is 1. The van der Waals surface area contributed by atoms with E-state index in [2.05, 4.69) is 52.2 Å². The average molecular weight is 445 g/mol. The van der Waals surface area contributed by atoms with Crippen LogP contribution in [0.3, 0.4) is 0 Å². The van der Waals surface area contributed by atoms with Crippen molar-refractivity contribution in [3.8, 4) is 11.6 Å². The molecular weight excluding hydrogens is 412 g/mol. The van der Waals surface area contributed by atoms with Crippen molar-refractivity contribution < 1.29 is 9.53 Å². The van der Waals surface area contributed by atoms with Crippen LogP contribution < -0.4 is 15.0 Å². The van der Waals surface area contributed by atoms with Gasteiger partial charge in [-0.1, -0.05) is 30.3 Å². The average Bonchev–Trinajstić information content (AvgIpc) is 2.81. The van der Waals surface area contributed by atoms with E-state index in [1.165, 1.54) is 11.1 Å². The van der Waals surface area contributed by atoms with Crippen molar-refractivity contribution in [1.82, 2.24) is 15.3 Å². The predicted octanol–water partition coefficient (Wildman–Crippen LogP) is 5.29. The lowest BCUT2D eigenvalue weighted by Gasteiger charge is -2.33. The Morgan fingerprint density at radius 3 is 2.52 bits per heavy atom. The highest BCUT2D eigenvalue weighted by Gasteiger charge is 2.28. The summed E-state index contributed by atoms with van der Waals surface area (Å²) in [5.74, 6) is 2.07.